The number of amides is 2. The Bertz CT molecular complexity index is 444. The summed E-state index contributed by atoms with van der Waals surface area (Å²) in [7, 11) is 4.02. The Morgan fingerprint density at radius 3 is 2.62 bits per heavy atom. The van der Waals surface area contributed by atoms with Gasteiger partial charge in [-0.1, -0.05) is 0 Å². The molecule has 7 nitrogen and oxygen atoms in total. The lowest BCUT2D eigenvalue weighted by molar-refractivity contribution is 0.190. The number of likely N-dealkylation sites (N-methyl/N-ethyl adjacent to an activating group) is 1. The first kappa shape index (κ1) is 15.5. The molecule has 2 amide bonds. The molecule has 1 aliphatic heterocycles. The topological polar surface area (TPSA) is 64.6 Å². The Balaban J connectivity index is 1.77. The molecular formula is C14H24N6O. The summed E-state index contributed by atoms with van der Waals surface area (Å²) in [6.45, 7) is 5.74. The summed E-state index contributed by atoms with van der Waals surface area (Å²) in [5.41, 5.74) is 0. The molecule has 0 bridgehead atoms. The number of piperazine rings is 1. The molecule has 1 aromatic rings. The molecule has 1 saturated heterocycles. The van der Waals surface area contributed by atoms with Crippen LogP contribution < -0.4 is 10.2 Å². The van der Waals surface area contributed by atoms with Crippen molar-refractivity contribution in [3.05, 3.63) is 18.6 Å². The van der Waals surface area contributed by atoms with Crippen LogP contribution in [0, 0.1) is 0 Å². The lowest BCUT2D eigenvalue weighted by Gasteiger charge is -2.35. The molecule has 0 unspecified atom stereocenters. The Hall–Kier alpha value is -1.89. The van der Waals surface area contributed by atoms with Gasteiger partial charge in [-0.25, -0.2) is 9.78 Å². The van der Waals surface area contributed by atoms with E-state index in [1.165, 1.54) is 0 Å². The Labute approximate surface area is 126 Å². The van der Waals surface area contributed by atoms with Crippen LogP contribution in [-0.4, -0.2) is 78.7 Å². The van der Waals surface area contributed by atoms with Crippen LogP contribution in [0.4, 0.5) is 10.6 Å². The second-order valence-corrected chi connectivity index (χ2v) is 5.54. The lowest BCUT2D eigenvalue weighted by atomic mass is 10.3. The van der Waals surface area contributed by atoms with Crippen molar-refractivity contribution in [2.45, 2.75) is 13.0 Å². The third-order valence-electron chi connectivity index (χ3n) is 3.87. The highest BCUT2D eigenvalue weighted by atomic mass is 16.2. The third kappa shape index (κ3) is 4.29. The van der Waals surface area contributed by atoms with Crippen LogP contribution in [0.2, 0.25) is 0 Å². The van der Waals surface area contributed by atoms with E-state index in [1.807, 2.05) is 19.0 Å². The quantitative estimate of drug-likeness (QED) is 0.862. The highest BCUT2D eigenvalue weighted by molar-refractivity contribution is 5.74. The van der Waals surface area contributed by atoms with Gasteiger partial charge in [0.2, 0.25) is 0 Å². The summed E-state index contributed by atoms with van der Waals surface area (Å²) in [5.74, 6) is 0.874. The van der Waals surface area contributed by atoms with E-state index in [9.17, 15) is 4.79 Å². The zero-order valence-electron chi connectivity index (χ0n) is 13.0. The molecule has 2 heterocycles. The van der Waals surface area contributed by atoms with Crippen molar-refractivity contribution in [1.29, 1.82) is 0 Å². The number of anilines is 1. The minimum atomic E-state index is 0.0162. The molecule has 7 heteroatoms. The first-order valence-corrected chi connectivity index (χ1v) is 7.28. The fourth-order valence-electron chi connectivity index (χ4n) is 2.12. The maximum Gasteiger partial charge on any atom is 0.317 e. The van der Waals surface area contributed by atoms with Gasteiger partial charge in [-0.05, 0) is 21.0 Å². The van der Waals surface area contributed by atoms with Crippen LogP contribution >= 0.6 is 0 Å². The van der Waals surface area contributed by atoms with Gasteiger partial charge in [0.25, 0.3) is 0 Å². The summed E-state index contributed by atoms with van der Waals surface area (Å²) in [6.07, 6.45) is 5.12. The molecular weight excluding hydrogens is 268 g/mol. The highest BCUT2D eigenvalue weighted by Crippen LogP contribution is 2.11. The summed E-state index contributed by atoms with van der Waals surface area (Å²) in [5, 5.41) is 2.99. The van der Waals surface area contributed by atoms with Gasteiger partial charge in [-0.2, -0.15) is 0 Å². The fourth-order valence-corrected chi connectivity index (χ4v) is 2.12. The number of nitrogens with one attached hydrogen (secondary N) is 1. The summed E-state index contributed by atoms with van der Waals surface area (Å²) in [6, 6.07) is 0.345. The first-order valence-electron chi connectivity index (χ1n) is 7.28. The third-order valence-corrected chi connectivity index (χ3v) is 3.87. The minimum absolute atomic E-state index is 0.0162. The number of urea groups is 1. The van der Waals surface area contributed by atoms with Crippen molar-refractivity contribution in [3.8, 4) is 0 Å². The standard InChI is InChI=1S/C14H24N6O/c1-12(18(2)3)10-17-14(21)20-8-6-19(7-9-20)13-11-15-4-5-16-13/h4-5,11-12H,6-10H2,1-3H3,(H,17,21)/t12-/m0/s1. The summed E-state index contributed by atoms with van der Waals surface area (Å²) >= 11 is 0. The van der Waals surface area contributed by atoms with Crippen molar-refractivity contribution in [2.24, 2.45) is 0 Å². The second-order valence-electron chi connectivity index (χ2n) is 5.54. The number of nitrogens with zero attached hydrogens (tertiary/aromatic N) is 5. The van der Waals surface area contributed by atoms with E-state index in [2.05, 4.69) is 32.0 Å². The molecule has 0 aromatic carbocycles. The SMILES string of the molecule is C[C@@H](CNC(=O)N1CCN(c2cnccn2)CC1)N(C)C. The van der Waals surface area contributed by atoms with Gasteiger partial charge < -0.3 is 20.0 Å². The van der Waals surface area contributed by atoms with Crippen LogP contribution in [0.1, 0.15) is 6.92 Å². The lowest BCUT2D eigenvalue weighted by Crippen LogP contribution is -2.53. The van der Waals surface area contributed by atoms with Gasteiger partial charge >= 0.3 is 6.03 Å². The van der Waals surface area contributed by atoms with Crippen molar-refractivity contribution >= 4 is 11.8 Å². The van der Waals surface area contributed by atoms with Gasteiger partial charge in [-0.15, -0.1) is 0 Å². The molecule has 2 rings (SSSR count). The molecule has 0 spiro atoms. The normalized spacial score (nSPS) is 17.0. The van der Waals surface area contributed by atoms with Crippen LogP contribution in [0.15, 0.2) is 18.6 Å². The van der Waals surface area contributed by atoms with Crippen LogP contribution in [0.5, 0.6) is 0 Å². The average Bonchev–Trinajstić information content (AvgIpc) is 2.53. The number of hydrogen-bond donors (Lipinski definition) is 1. The molecule has 116 valence electrons. The van der Waals surface area contributed by atoms with E-state index in [-0.39, 0.29) is 6.03 Å². The molecule has 1 fully saturated rings. The molecule has 1 aliphatic rings. The Morgan fingerprint density at radius 2 is 2.05 bits per heavy atom. The van der Waals surface area contributed by atoms with Gasteiger partial charge in [0, 0.05) is 51.2 Å². The van der Waals surface area contributed by atoms with E-state index in [0.29, 0.717) is 25.7 Å². The molecule has 1 aromatic heterocycles. The highest BCUT2D eigenvalue weighted by Gasteiger charge is 2.22. The molecule has 1 N–H and O–H groups in total. The Morgan fingerprint density at radius 1 is 1.33 bits per heavy atom. The molecule has 0 radical (unpaired) electrons. The zero-order chi connectivity index (χ0) is 15.2. The Kier molecular flexibility index (Phi) is 5.32. The van der Waals surface area contributed by atoms with Gasteiger partial charge in [0.1, 0.15) is 5.82 Å². The summed E-state index contributed by atoms with van der Waals surface area (Å²) in [4.78, 5) is 26.6. The molecule has 0 aliphatic carbocycles. The zero-order valence-corrected chi connectivity index (χ0v) is 13.0. The van der Waals surface area contributed by atoms with Gasteiger partial charge in [0.05, 0.1) is 6.20 Å². The average molecular weight is 292 g/mol. The van der Waals surface area contributed by atoms with Crippen molar-refractivity contribution < 1.29 is 4.79 Å². The molecule has 21 heavy (non-hydrogen) atoms. The largest absolute Gasteiger partial charge is 0.352 e. The van der Waals surface area contributed by atoms with E-state index in [0.717, 1.165) is 18.9 Å². The second kappa shape index (κ2) is 7.21. The van der Waals surface area contributed by atoms with E-state index >= 15 is 0 Å². The predicted octanol–water partition coefficient (Wildman–Crippen LogP) is 0.258. The van der Waals surface area contributed by atoms with Crippen molar-refractivity contribution in [1.82, 2.24) is 25.1 Å². The summed E-state index contributed by atoms with van der Waals surface area (Å²) < 4.78 is 0. The smallest absolute Gasteiger partial charge is 0.317 e. The maximum absolute atomic E-state index is 12.1. The van der Waals surface area contributed by atoms with Crippen LogP contribution in [-0.2, 0) is 0 Å². The van der Waals surface area contributed by atoms with Crippen LogP contribution in [0.3, 0.4) is 0 Å². The maximum atomic E-state index is 12.1. The van der Waals surface area contributed by atoms with Gasteiger partial charge in [0.15, 0.2) is 0 Å². The van der Waals surface area contributed by atoms with Crippen molar-refractivity contribution in [3.63, 3.8) is 0 Å². The van der Waals surface area contributed by atoms with Gasteiger partial charge in [-0.3, -0.25) is 4.98 Å². The number of rotatable bonds is 4. The number of carbonyl (C=O) groups excluding carboxylic acids is 1. The number of carbonyl (C=O) groups is 1. The number of aromatic nitrogens is 2. The van der Waals surface area contributed by atoms with Crippen LogP contribution in [0.25, 0.3) is 0 Å². The monoisotopic (exact) mass is 292 g/mol. The predicted molar refractivity (Wildman–Crippen MR) is 82.4 cm³/mol. The molecule has 1 atom stereocenters. The number of hydrogen-bond acceptors (Lipinski definition) is 5. The van der Waals surface area contributed by atoms with E-state index in [1.54, 1.807) is 18.6 Å². The van der Waals surface area contributed by atoms with E-state index in [4.69, 9.17) is 0 Å². The first-order chi connectivity index (χ1) is 10.1. The van der Waals surface area contributed by atoms with E-state index < -0.39 is 0 Å². The fraction of sp³-hybridized carbons (Fsp3) is 0.643. The molecule has 0 saturated carbocycles. The minimum Gasteiger partial charge on any atom is -0.352 e. The van der Waals surface area contributed by atoms with Crippen molar-refractivity contribution in [2.75, 3.05) is 51.7 Å².